The standard InChI is InChI=1S/C16H32N2O3.Na/c1-3-4-5-6-7-8-9-10-12-17-13-11-15(19)18-14(2)16(20)21;/h14,17H,3-13H2,1-2H3,(H,18,19)(H,20,21);/q;+1/p-1/t14-;/m0./s1. The van der Waals surface area contributed by atoms with Crippen LogP contribution in [0.5, 0.6) is 0 Å². The van der Waals surface area contributed by atoms with Crippen LogP contribution in [0.25, 0.3) is 0 Å². The molecule has 0 rings (SSSR count). The minimum Gasteiger partial charge on any atom is -0.862 e. The van der Waals surface area contributed by atoms with Gasteiger partial charge in [0.15, 0.2) is 0 Å². The van der Waals surface area contributed by atoms with E-state index in [9.17, 15) is 9.90 Å². The Labute approximate surface area is 157 Å². The average Bonchev–Trinajstić information content (AvgIpc) is 2.44. The van der Waals surface area contributed by atoms with Gasteiger partial charge in [0.05, 0.1) is 0 Å². The first-order valence-corrected chi connectivity index (χ1v) is 8.25. The van der Waals surface area contributed by atoms with Crippen molar-refractivity contribution in [2.45, 2.75) is 77.7 Å². The predicted octanol–water partition coefficient (Wildman–Crippen LogP) is -0.657. The summed E-state index contributed by atoms with van der Waals surface area (Å²) in [6.45, 7) is 5.13. The molecule has 0 fully saturated rings. The first-order chi connectivity index (χ1) is 10.1. The Morgan fingerprint density at radius 3 is 2.18 bits per heavy atom. The summed E-state index contributed by atoms with van der Waals surface area (Å²) >= 11 is 0. The summed E-state index contributed by atoms with van der Waals surface area (Å²) in [5.41, 5.74) is 0. The van der Waals surface area contributed by atoms with E-state index in [4.69, 9.17) is 5.11 Å². The summed E-state index contributed by atoms with van der Waals surface area (Å²) in [4.78, 5) is 14.1. The minimum atomic E-state index is -1.06. The molecular formula is C16H31N2NaO3. The number of aliphatic carboxylic acids is 1. The molecule has 22 heavy (non-hydrogen) atoms. The second-order valence-electron chi connectivity index (χ2n) is 5.51. The van der Waals surface area contributed by atoms with E-state index in [1.54, 1.807) is 0 Å². The molecule has 0 amide bonds. The number of unbranched alkanes of at least 4 members (excludes halogenated alkanes) is 7. The summed E-state index contributed by atoms with van der Waals surface area (Å²) < 4.78 is 0. The van der Waals surface area contributed by atoms with Crippen molar-refractivity contribution in [3.8, 4) is 0 Å². The van der Waals surface area contributed by atoms with Crippen LogP contribution in [0.3, 0.4) is 0 Å². The topological polar surface area (TPSA) is 84.8 Å². The maximum absolute atomic E-state index is 11.3. The smallest absolute Gasteiger partial charge is 0.862 e. The van der Waals surface area contributed by atoms with Gasteiger partial charge in [0.25, 0.3) is 0 Å². The van der Waals surface area contributed by atoms with Gasteiger partial charge in [-0.05, 0) is 38.8 Å². The molecule has 0 aromatic carbocycles. The van der Waals surface area contributed by atoms with Gasteiger partial charge in [-0.3, -0.25) is 4.99 Å². The number of nitrogens with one attached hydrogen (secondary N) is 1. The maximum atomic E-state index is 11.3. The van der Waals surface area contributed by atoms with E-state index in [0.29, 0.717) is 6.54 Å². The van der Waals surface area contributed by atoms with Crippen LogP contribution in [0.2, 0.25) is 0 Å². The molecule has 0 aliphatic carbocycles. The Morgan fingerprint density at radius 1 is 1.09 bits per heavy atom. The Morgan fingerprint density at radius 2 is 1.64 bits per heavy atom. The summed E-state index contributed by atoms with van der Waals surface area (Å²) in [5.74, 6) is -1.40. The van der Waals surface area contributed by atoms with Crippen molar-refractivity contribution < 1.29 is 44.6 Å². The molecule has 0 aromatic heterocycles. The molecule has 6 heteroatoms. The molecule has 0 radical (unpaired) electrons. The van der Waals surface area contributed by atoms with Crippen molar-refractivity contribution in [2.75, 3.05) is 13.1 Å². The van der Waals surface area contributed by atoms with E-state index in [2.05, 4.69) is 17.2 Å². The molecule has 124 valence electrons. The second-order valence-corrected chi connectivity index (χ2v) is 5.51. The van der Waals surface area contributed by atoms with E-state index < -0.39 is 12.0 Å². The number of carboxylic acids is 1. The number of hydrogen-bond donors (Lipinski definition) is 2. The van der Waals surface area contributed by atoms with E-state index in [-0.39, 0.29) is 41.9 Å². The molecule has 0 aromatic rings. The van der Waals surface area contributed by atoms with Gasteiger partial charge < -0.3 is 15.5 Å². The van der Waals surface area contributed by atoms with Crippen LogP contribution < -0.4 is 40.0 Å². The molecule has 0 unspecified atom stereocenters. The van der Waals surface area contributed by atoms with Crippen LogP contribution in [0.1, 0.15) is 71.6 Å². The van der Waals surface area contributed by atoms with Gasteiger partial charge in [-0.15, -0.1) is 0 Å². The van der Waals surface area contributed by atoms with Crippen LogP contribution in [0, 0.1) is 0 Å². The van der Waals surface area contributed by atoms with Crippen LogP contribution in [0.15, 0.2) is 4.99 Å². The van der Waals surface area contributed by atoms with Crippen LogP contribution in [-0.4, -0.2) is 36.1 Å². The van der Waals surface area contributed by atoms with Gasteiger partial charge in [0, 0.05) is 0 Å². The summed E-state index contributed by atoms with van der Waals surface area (Å²) in [6, 6.07) is -0.940. The zero-order valence-corrected chi connectivity index (χ0v) is 16.6. The molecule has 0 saturated carbocycles. The fraction of sp³-hybridized carbons (Fsp3) is 0.875. The Balaban J connectivity index is 0. The Hall–Kier alpha value is -0.100. The Bertz CT molecular complexity index is 299. The van der Waals surface area contributed by atoms with Crippen molar-refractivity contribution in [3.63, 3.8) is 0 Å². The third kappa shape index (κ3) is 16.3. The van der Waals surface area contributed by atoms with E-state index in [0.717, 1.165) is 13.0 Å². The van der Waals surface area contributed by atoms with Crippen molar-refractivity contribution in [2.24, 2.45) is 4.99 Å². The molecule has 2 N–H and O–H groups in total. The minimum absolute atomic E-state index is 0. The van der Waals surface area contributed by atoms with Gasteiger partial charge in [0.1, 0.15) is 6.04 Å². The Kier molecular flexibility index (Phi) is 18.9. The third-order valence-electron chi connectivity index (χ3n) is 3.42. The number of nitrogens with zero attached hydrogens (tertiary/aromatic N) is 1. The SMILES string of the molecule is CCCCCCCCCCNCCC([O-])=N[C@@H](C)C(=O)O.[Na+]. The van der Waals surface area contributed by atoms with Crippen molar-refractivity contribution in [1.82, 2.24) is 5.32 Å². The van der Waals surface area contributed by atoms with E-state index in [1.807, 2.05) is 0 Å². The van der Waals surface area contributed by atoms with Crippen LogP contribution in [-0.2, 0) is 4.79 Å². The summed E-state index contributed by atoms with van der Waals surface area (Å²) in [5, 5.41) is 23.2. The van der Waals surface area contributed by atoms with Gasteiger partial charge in [-0.2, -0.15) is 0 Å². The number of carbonyl (C=O) groups is 1. The van der Waals surface area contributed by atoms with Gasteiger partial charge in [-0.1, -0.05) is 51.9 Å². The molecule has 0 spiro atoms. The molecule has 0 bridgehead atoms. The zero-order valence-electron chi connectivity index (χ0n) is 14.6. The molecular weight excluding hydrogens is 291 g/mol. The van der Waals surface area contributed by atoms with Crippen LogP contribution in [0.4, 0.5) is 0 Å². The number of hydrogen-bond acceptors (Lipinski definition) is 4. The molecule has 5 nitrogen and oxygen atoms in total. The van der Waals surface area contributed by atoms with Crippen molar-refractivity contribution >= 4 is 11.9 Å². The number of carboxylic acid groups (broad SMARTS) is 1. The fourth-order valence-electron chi connectivity index (χ4n) is 2.04. The monoisotopic (exact) mass is 322 g/mol. The van der Waals surface area contributed by atoms with Gasteiger partial charge in [-0.25, -0.2) is 4.79 Å². The van der Waals surface area contributed by atoms with Crippen molar-refractivity contribution in [3.05, 3.63) is 0 Å². The third-order valence-corrected chi connectivity index (χ3v) is 3.42. The first-order valence-electron chi connectivity index (χ1n) is 8.25. The van der Waals surface area contributed by atoms with Crippen LogP contribution >= 0.6 is 0 Å². The average molecular weight is 322 g/mol. The number of aliphatic imine (C=N–C) groups is 1. The molecule has 0 saturated heterocycles. The second kappa shape index (κ2) is 17.3. The van der Waals surface area contributed by atoms with Crippen molar-refractivity contribution in [1.29, 1.82) is 0 Å². The summed E-state index contributed by atoms with van der Waals surface area (Å²) in [6.07, 6.45) is 10.6. The zero-order chi connectivity index (χ0) is 15.9. The van der Waals surface area contributed by atoms with E-state index >= 15 is 0 Å². The van der Waals surface area contributed by atoms with E-state index in [1.165, 1.54) is 51.9 Å². The first kappa shape index (κ1) is 24.2. The molecule has 0 heterocycles. The molecule has 0 aliphatic heterocycles. The largest absolute Gasteiger partial charge is 1.00 e. The normalized spacial score (nSPS) is 12.7. The molecule has 1 atom stereocenters. The maximum Gasteiger partial charge on any atom is 1.00 e. The van der Waals surface area contributed by atoms with Gasteiger partial charge >= 0.3 is 35.5 Å². The summed E-state index contributed by atoms with van der Waals surface area (Å²) in [7, 11) is 0. The fourth-order valence-corrected chi connectivity index (χ4v) is 2.04. The molecule has 0 aliphatic rings. The number of rotatable bonds is 14. The van der Waals surface area contributed by atoms with Gasteiger partial charge in [0.2, 0.25) is 0 Å². The predicted molar refractivity (Wildman–Crippen MR) is 84.6 cm³/mol. The quantitative estimate of drug-likeness (QED) is 0.192.